The van der Waals surface area contributed by atoms with Crippen LogP contribution >= 0.6 is 0 Å². The Morgan fingerprint density at radius 2 is 1.81 bits per heavy atom. The minimum atomic E-state index is -3.74. The van der Waals surface area contributed by atoms with E-state index in [2.05, 4.69) is 20.8 Å². The number of carboxylic acid groups (broad SMARTS) is 1. The lowest BCUT2D eigenvalue weighted by molar-refractivity contribution is -0.140. The molecular formula is C15H21NO4S. The molecule has 0 aromatic heterocycles. The number of nitrogens with zero attached hydrogens (tertiary/aromatic N) is 1. The Bertz CT molecular complexity index is 629. The Hall–Kier alpha value is -1.40. The molecule has 1 heterocycles. The van der Waals surface area contributed by atoms with E-state index < -0.39 is 22.0 Å². The van der Waals surface area contributed by atoms with E-state index in [1.54, 1.807) is 24.3 Å². The maximum absolute atomic E-state index is 12.6. The number of sulfonamides is 1. The van der Waals surface area contributed by atoms with Gasteiger partial charge in [0.05, 0.1) is 4.90 Å². The lowest BCUT2D eigenvalue weighted by Gasteiger charge is -2.22. The van der Waals surface area contributed by atoms with Gasteiger partial charge in [-0.25, -0.2) is 8.42 Å². The molecule has 0 amide bonds. The van der Waals surface area contributed by atoms with Gasteiger partial charge in [-0.05, 0) is 36.0 Å². The Morgan fingerprint density at radius 3 is 2.29 bits per heavy atom. The second-order valence-electron chi connectivity index (χ2n) is 6.39. The van der Waals surface area contributed by atoms with Crippen LogP contribution in [0.5, 0.6) is 0 Å². The summed E-state index contributed by atoms with van der Waals surface area (Å²) in [6.07, 6.45) is 0.949. The SMILES string of the molecule is CC(C)(C)c1ccc(S(=O)(=O)N2CCCC2C(=O)O)cc1. The van der Waals surface area contributed by atoms with Crippen LogP contribution in [0, 0.1) is 0 Å². The largest absolute Gasteiger partial charge is 0.480 e. The standard InChI is InChI=1S/C15H21NO4S/c1-15(2,3)11-6-8-12(9-7-11)21(19,20)16-10-4-5-13(16)14(17)18/h6-9,13H,4-5,10H2,1-3H3,(H,17,18). The molecule has 6 heteroatoms. The van der Waals surface area contributed by atoms with Gasteiger partial charge in [0.1, 0.15) is 6.04 Å². The first kappa shape index (κ1) is 16.0. The third-order valence-corrected chi connectivity index (χ3v) is 5.74. The molecule has 1 fully saturated rings. The molecule has 0 radical (unpaired) electrons. The molecule has 0 saturated carbocycles. The van der Waals surface area contributed by atoms with E-state index >= 15 is 0 Å². The van der Waals surface area contributed by atoms with Crippen LogP contribution in [0.1, 0.15) is 39.2 Å². The minimum Gasteiger partial charge on any atom is -0.480 e. The summed E-state index contributed by atoms with van der Waals surface area (Å²) in [5, 5.41) is 9.14. The molecule has 1 unspecified atom stereocenters. The molecule has 1 aromatic carbocycles. The third-order valence-electron chi connectivity index (χ3n) is 3.82. The molecule has 2 rings (SSSR count). The van der Waals surface area contributed by atoms with Gasteiger partial charge in [0.25, 0.3) is 0 Å². The number of hydrogen-bond acceptors (Lipinski definition) is 3. The quantitative estimate of drug-likeness (QED) is 0.929. The van der Waals surface area contributed by atoms with Crippen molar-refractivity contribution in [2.75, 3.05) is 6.54 Å². The fraction of sp³-hybridized carbons (Fsp3) is 0.533. The van der Waals surface area contributed by atoms with Gasteiger partial charge in [-0.3, -0.25) is 4.79 Å². The topological polar surface area (TPSA) is 74.7 Å². The van der Waals surface area contributed by atoms with Gasteiger partial charge in [-0.15, -0.1) is 0 Å². The molecule has 0 bridgehead atoms. The summed E-state index contributed by atoms with van der Waals surface area (Å²) < 4.78 is 26.2. The fourth-order valence-corrected chi connectivity index (χ4v) is 4.19. The molecule has 5 nitrogen and oxygen atoms in total. The summed E-state index contributed by atoms with van der Waals surface area (Å²) in [6, 6.07) is 5.76. The highest BCUT2D eigenvalue weighted by Gasteiger charge is 2.39. The Morgan fingerprint density at radius 1 is 1.24 bits per heavy atom. The number of rotatable bonds is 3. The van der Waals surface area contributed by atoms with Crippen molar-refractivity contribution >= 4 is 16.0 Å². The highest BCUT2D eigenvalue weighted by Crippen LogP contribution is 2.28. The highest BCUT2D eigenvalue weighted by molar-refractivity contribution is 7.89. The van der Waals surface area contributed by atoms with Gasteiger partial charge in [0, 0.05) is 6.54 Å². The Balaban J connectivity index is 2.34. The summed E-state index contributed by atoms with van der Waals surface area (Å²) in [5.74, 6) is -1.08. The van der Waals surface area contributed by atoms with Gasteiger partial charge >= 0.3 is 5.97 Å². The zero-order valence-corrected chi connectivity index (χ0v) is 13.4. The lowest BCUT2D eigenvalue weighted by Crippen LogP contribution is -2.40. The van der Waals surface area contributed by atoms with Crippen LogP contribution in [0.15, 0.2) is 29.2 Å². The monoisotopic (exact) mass is 311 g/mol. The maximum atomic E-state index is 12.6. The van der Waals surface area contributed by atoms with Gasteiger partial charge in [0.15, 0.2) is 0 Å². The van der Waals surface area contributed by atoms with E-state index in [0.717, 1.165) is 9.87 Å². The maximum Gasteiger partial charge on any atom is 0.322 e. The minimum absolute atomic E-state index is 0.0560. The van der Waals surface area contributed by atoms with Crippen molar-refractivity contribution in [2.24, 2.45) is 0 Å². The van der Waals surface area contributed by atoms with Gasteiger partial charge in [-0.1, -0.05) is 32.9 Å². The molecule has 1 saturated heterocycles. The first-order chi connectivity index (χ1) is 9.64. The van der Waals surface area contributed by atoms with Crippen LogP contribution in [0.4, 0.5) is 0 Å². The van der Waals surface area contributed by atoms with E-state index in [4.69, 9.17) is 5.11 Å². The van der Waals surface area contributed by atoms with Crippen molar-refractivity contribution in [1.82, 2.24) is 4.31 Å². The normalized spacial score (nSPS) is 20.6. The molecule has 1 N–H and O–H groups in total. The van der Waals surface area contributed by atoms with E-state index in [-0.39, 0.29) is 16.9 Å². The molecule has 1 aromatic rings. The first-order valence-corrected chi connectivity index (χ1v) is 8.43. The van der Waals surface area contributed by atoms with Crippen LogP contribution in [0.2, 0.25) is 0 Å². The summed E-state index contributed by atoms with van der Waals surface area (Å²) in [5.41, 5.74) is 0.983. The summed E-state index contributed by atoms with van der Waals surface area (Å²) >= 11 is 0. The molecular weight excluding hydrogens is 290 g/mol. The number of carboxylic acids is 1. The van der Waals surface area contributed by atoms with Crippen LogP contribution in [-0.4, -0.2) is 36.4 Å². The van der Waals surface area contributed by atoms with Crippen molar-refractivity contribution in [1.29, 1.82) is 0 Å². The lowest BCUT2D eigenvalue weighted by atomic mass is 9.87. The zero-order valence-electron chi connectivity index (χ0n) is 12.5. The summed E-state index contributed by atoms with van der Waals surface area (Å²) in [4.78, 5) is 11.3. The molecule has 116 valence electrons. The van der Waals surface area contributed by atoms with E-state index in [1.807, 2.05) is 0 Å². The molecule has 1 aliphatic heterocycles. The van der Waals surface area contributed by atoms with Crippen LogP contribution < -0.4 is 0 Å². The molecule has 0 aliphatic carbocycles. The average Bonchev–Trinajstić information content (AvgIpc) is 2.88. The van der Waals surface area contributed by atoms with E-state index in [9.17, 15) is 13.2 Å². The zero-order chi connectivity index (χ0) is 15.8. The fourth-order valence-electron chi connectivity index (χ4n) is 2.54. The second kappa shape index (κ2) is 5.42. The third kappa shape index (κ3) is 3.11. The highest BCUT2D eigenvalue weighted by atomic mass is 32.2. The number of aliphatic carboxylic acids is 1. The van der Waals surface area contributed by atoms with E-state index in [0.29, 0.717) is 12.8 Å². The predicted molar refractivity (Wildman–Crippen MR) is 79.7 cm³/mol. The second-order valence-corrected chi connectivity index (χ2v) is 8.28. The number of benzene rings is 1. The molecule has 1 aliphatic rings. The van der Waals surface area contributed by atoms with Crippen LogP contribution in [0.25, 0.3) is 0 Å². The Labute approximate surface area is 125 Å². The number of hydrogen-bond donors (Lipinski definition) is 1. The summed E-state index contributed by atoms with van der Waals surface area (Å²) in [7, 11) is -3.74. The Kier molecular flexibility index (Phi) is 4.13. The van der Waals surface area contributed by atoms with Gasteiger partial charge < -0.3 is 5.11 Å². The van der Waals surface area contributed by atoms with Gasteiger partial charge in [-0.2, -0.15) is 4.31 Å². The van der Waals surface area contributed by atoms with Crippen molar-refractivity contribution in [3.05, 3.63) is 29.8 Å². The summed E-state index contributed by atoms with van der Waals surface area (Å²) in [6.45, 7) is 6.42. The van der Waals surface area contributed by atoms with E-state index in [1.165, 1.54) is 0 Å². The van der Waals surface area contributed by atoms with Crippen LogP contribution in [0.3, 0.4) is 0 Å². The molecule has 21 heavy (non-hydrogen) atoms. The smallest absolute Gasteiger partial charge is 0.322 e. The molecule has 1 atom stereocenters. The van der Waals surface area contributed by atoms with Crippen molar-refractivity contribution in [3.63, 3.8) is 0 Å². The average molecular weight is 311 g/mol. The van der Waals surface area contributed by atoms with Crippen molar-refractivity contribution in [2.45, 2.75) is 50.0 Å². The first-order valence-electron chi connectivity index (χ1n) is 6.99. The number of carbonyl (C=O) groups is 1. The van der Waals surface area contributed by atoms with Crippen LogP contribution in [-0.2, 0) is 20.2 Å². The molecule has 0 spiro atoms. The predicted octanol–water partition coefficient (Wildman–Crippen LogP) is 2.22. The van der Waals surface area contributed by atoms with Crippen molar-refractivity contribution < 1.29 is 18.3 Å². The van der Waals surface area contributed by atoms with Gasteiger partial charge in [0.2, 0.25) is 10.0 Å². The van der Waals surface area contributed by atoms with Crippen molar-refractivity contribution in [3.8, 4) is 0 Å².